The molecule has 6 heteroatoms. The van der Waals surface area contributed by atoms with Gasteiger partial charge in [0.15, 0.2) is 0 Å². The van der Waals surface area contributed by atoms with Crippen molar-refractivity contribution in [2.75, 3.05) is 36.0 Å². The second-order valence-corrected chi connectivity index (χ2v) is 6.04. The Morgan fingerprint density at radius 1 is 1.10 bits per heavy atom. The van der Waals surface area contributed by atoms with E-state index in [1.54, 1.807) is 0 Å². The van der Waals surface area contributed by atoms with Crippen LogP contribution in [-0.4, -0.2) is 40.5 Å². The van der Waals surface area contributed by atoms with Gasteiger partial charge in [0.05, 0.1) is 0 Å². The van der Waals surface area contributed by atoms with Crippen LogP contribution in [-0.2, 0) is 6.42 Å². The van der Waals surface area contributed by atoms with E-state index >= 15 is 0 Å². The number of hydrogen-bond acceptors (Lipinski definition) is 6. The molecule has 3 rings (SSSR count). The van der Waals surface area contributed by atoms with Crippen LogP contribution in [0.2, 0.25) is 0 Å². The molecule has 0 radical (unpaired) electrons. The Morgan fingerprint density at radius 3 is 2.67 bits per heavy atom. The van der Waals surface area contributed by atoms with Gasteiger partial charge in [0, 0.05) is 49.8 Å². The predicted octanol–water partition coefficient (Wildman–Crippen LogP) is 2.52. The van der Waals surface area contributed by atoms with Crippen molar-refractivity contribution in [1.82, 2.24) is 14.3 Å². The van der Waals surface area contributed by atoms with Crippen LogP contribution in [0.25, 0.3) is 0 Å². The highest BCUT2D eigenvalue weighted by Gasteiger charge is 2.18. The summed E-state index contributed by atoms with van der Waals surface area (Å²) in [5.74, 6) is 2.04. The number of nitrogens with zero attached hydrogens (tertiary/aromatic N) is 5. The quantitative estimate of drug-likeness (QED) is 0.872. The van der Waals surface area contributed by atoms with E-state index in [0.717, 1.165) is 61.5 Å². The van der Waals surface area contributed by atoms with Crippen LogP contribution >= 0.6 is 11.5 Å². The fourth-order valence-electron chi connectivity index (χ4n) is 2.56. The number of aromatic nitrogens is 3. The first kappa shape index (κ1) is 14.3. The molecule has 3 heterocycles. The molecule has 1 fully saturated rings. The van der Waals surface area contributed by atoms with E-state index in [4.69, 9.17) is 0 Å². The molecule has 2 aromatic rings. The van der Waals surface area contributed by atoms with Crippen LogP contribution in [0.5, 0.6) is 0 Å². The van der Waals surface area contributed by atoms with Gasteiger partial charge in [0.25, 0.3) is 0 Å². The maximum atomic E-state index is 4.64. The van der Waals surface area contributed by atoms with E-state index in [1.807, 2.05) is 13.0 Å². The molecule has 0 amide bonds. The lowest BCUT2D eigenvalue weighted by atomic mass is 10.3. The highest BCUT2D eigenvalue weighted by molar-refractivity contribution is 7.09. The van der Waals surface area contributed by atoms with Crippen molar-refractivity contribution in [3.63, 3.8) is 0 Å². The van der Waals surface area contributed by atoms with Gasteiger partial charge < -0.3 is 9.80 Å². The highest BCUT2D eigenvalue weighted by atomic mass is 32.1. The van der Waals surface area contributed by atoms with Crippen LogP contribution in [0.15, 0.2) is 18.2 Å². The number of anilines is 2. The van der Waals surface area contributed by atoms with E-state index in [9.17, 15) is 0 Å². The Morgan fingerprint density at radius 2 is 1.90 bits per heavy atom. The monoisotopic (exact) mass is 303 g/mol. The summed E-state index contributed by atoms with van der Waals surface area (Å²) >= 11 is 1.52. The van der Waals surface area contributed by atoms with Crippen molar-refractivity contribution in [2.24, 2.45) is 0 Å². The number of hydrogen-bond donors (Lipinski definition) is 0. The molecular formula is C15H21N5S. The summed E-state index contributed by atoms with van der Waals surface area (Å²) in [7, 11) is 0. The van der Waals surface area contributed by atoms with Gasteiger partial charge in [-0.3, -0.25) is 0 Å². The summed E-state index contributed by atoms with van der Waals surface area (Å²) < 4.78 is 4.39. The fraction of sp³-hybridized carbons (Fsp3) is 0.533. The molecule has 1 aliphatic heterocycles. The normalized spacial score (nSPS) is 16.1. The van der Waals surface area contributed by atoms with Crippen molar-refractivity contribution < 1.29 is 0 Å². The van der Waals surface area contributed by atoms with Crippen molar-refractivity contribution >= 4 is 22.5 Å². The van der Waals surface area contributed by atoms with Crippen LogP contribution in [0.1, 0.15) is 24.9 Å². The maximum Gasteiger partial charge on any atom is 0.205 e. The molecule has 1 aliphatic rings. The van der Waals surface area contributed by atoms with Gasteiger partial charge in [-0.05, 0) is 25.5 Å². The zero-order valence-electron chi connectivity index (χ0n) is 12.6. The molecule has 0 saturated carbocycles. The SMILES string of the molecule is CCc1nsc(N2CCCN(c3cccc(C)n3)CC2)n1. The molecule has 0 N–H and O–H groups in total. The third kappa shape index (κ3) is 3.32. The Hall–Kier alpha value is -1.69. The summed E-state index contributed by atoms with van der Waals surface area (Å²) in [5.41, 5.74) is 1.07. The number of aryl methyl sites for hydroxylation is 2. The highest BCUT2D eigenvalue weighted by Crippen LogP contribution is 2.21. The Bertz CT molecular complexity index is 597. The molecule has 0 bridgehead atoms. The second-order valence-electron chi connectivity index (χ2n) is 5.31. The van der Waals surface area contributed by atoms with Gasteiger partial charge in [-0.2, -0.15) is 4.37 Å². The first-order valence-electron chi connectivity index (χ1n) is 7.52. The van der Waals surface area contributed by atoms with Gasteiger partial charge in [-0.15, -0.1) is 0 Å². The zero-order chi connectivity index (χ0) is 14.7. The van der Waals surface area contributed by atoms with Gasteiger partial charge in [-0.1, -0.05) is 13.0 Å². The molecule has 2 aromatic heterocycles. The minimum atomic E-state index is 0.906. The van der Waals surface area contributed by atoms with E-state index in [-0.39, 0.29) is 0 Å². The molecule has 0 aliphatic carbocycles. The predicted molar refractivity (Wildman–Crippen MR) is 87.3 cm³/mol. The first-order chi connectivity index (χ1) is 10.3. The van der Waals surface area contributed by atoms with Crippen molar-refractivity contribution in [3.8, 4) is 0 Å². The van der Waals surface area contributed by atoms with E-state index in [0.29, 0.717) is 0 Å². The topological polar surface area (TPSA) is 45.2 Å². The zero-order valence-corrected chi connectivity index (χ0v) is 13.4. The molecule has 0 atom stereocenters. The Labute approximate surface area is 129 Å². The van der Waals surface area contributed by atoms with Gasteiger partial charge in [0.1, 0.15) is 11.6 Å². The summed E-state index contributed by atoms with van der Waals surface area (Å²) in [4.78, 5) is 14.0. The molecule has 0 aromatic carbocycles. The lowest BCUT2D eigenvalue weighted by Gasteiger charge is -2.22. The lowest BCUT2D eigenvalue weighted by Crippen LogP contribution is -2.31. The summed E-state index contributed by atoms with van der Waals surface area (Å²) in [6.07, 6.45) is 2.03. The smallest absolute Gasteiger partial charge is 0.205 e. The minimum Gasteiger partial charge on any atom is -0.355 e. The molecule has 112 valence electrons. The first-order valence-corrected chi connectivity index (χ1v) is 8.29. The van der Waals surface area contributed by atoms with Crippen LogP contribution < -0.4 is 9.80 Å². The molecule has 5 nitrogen and oxygen atoms in total. The standard InChI is InChI=1S/C15H21N5S/c1-3-13-17-15(21-18-13)20-9-5-8-19(10-11-20)14-7-4-6-12(2)16-14/h4,6-7H,3,5,8-11H2,1-2H3. The van der Waals surface area contributed by atoms with Gasteiger partial charge in [0.2, 0.25) is 5.13 Å². The number of rotatable bonds is 3. The third-order valence-electron chi connectivity index (χ3n) is 3.74. The van der Waals surface area contributed by atoms with Crippen LogP contribution in [0.4, 0.5) is 10.9 Å². The van der Waals surface area contributed by atoms with Crippen LogP contribution in [0.3, 0.4) is 0 Å². The summed E-state index contributed by atoms with van der Waals surface area (Å²) in [6, 6.07) is 6.22. The summed E-state index contributed by atoms with van der Waals surface area (Å²) in [5, 5.41) is 1.06. The molecule has 21 heavy (non-hydrogen) atoms. The largest absolute Gasteiger partial charge is 0.355 e. The van der Waals surface area contributed by atoms with Crippen LogP contribution in [0, 0.1) is 6.92 Å². The Balaban J connectivity index is 1.69. The average molecular weight is 303 g/mol. The maximum absolute atomic E-state index is 4.64. The molecule has 0 spiro atoms. The van der Waals surface area contributed by atoms with E-state index in [2.05, 4.69) is 43.2 Å². The van der Waals surface area contributed by atoms with Gasteiger partial charge in [-0.25, -0.2) is 9.97 Å². The summed E-state index contributed by atoms with van der Waals surface area (Å²) in [6.45, 7) is 8.19. The molecule has 1 saturated heterocycles. The molecule has 0 unspecified atom stereocenters. The fourth-order valence-corrected chi connectivity index (χ4v) is 3.36. The average Bonchev–Trinajstić information content (AvgIpc) is 2.84. The van der Waals surface area contributed by atoms with Crippen molar-refractivity contribution in [1.29, 1.82) is 0 Å². The van der Waals surface area contributed by atoms with Gasteiger partial charge >= 0.3 is 0 Å². The van der Waals surface area contributed by atoms with Crippen molar-refractivity contribution in [2.45, 2.75) is 26.7 Å². The lowest BCUT2D eigenvalue weighted by molar-refractivity contribution is 0.794. The van der Waals surface area contributed by atoms with Crippen molar-refractivity contribution in [3.05, 3.63) is 29.7 Å². The molecular weight excluding hydrogens is 282 g/mol. The van der Waals surface area contributed by atoms with E-state index in [1.165, 1.54) is 11.5 Å². The van der Waals surface area contributed by atoms with E-state index < -0.39 is 0 Å². The minimum absolute atomic E-state index is 0.906. The number of pyridine rings is 1. The second kappa shape index (κ2) is 6.39. The Kier molecular flexibility index (Phi) is 4.34. The third-order valence-corrected chi connectivity index (χ3v) is 4.55.